The number of carbonyl (C=O) groups is 1. The summed E-state index contributed by atoms with van der Waals surface area (Å²) in [7, 11) is 0. The van der Waals surface area contributed by atoms with Crippen LogP contribution in [0.2, 0.25) is 0 Å². The Labute approximate surface area is 244 Å². The number of ether oxygens (including phenoxy) is 3. The highest BCUT2D eigenvalue weighted by atomic mass is 17.2. The van der Waals surface area contributed by atoms with Gasteiger partial charge >= 0.3 is 5.97 Å². The Bertz CT molecular complexity index is 1570. The number of aliphatic hydroxyl groups is 1. The molecule has 7 heteroatoms. The molecule has 0 radical (unpaired) electrons. The topological polar surface area (TPSA) is 83.5 Å². The second kappa shape index (κ2) is 14.4. The van der Waals surface area contributed by atoms with Gasteiger partial charge in [-0.15, -0.1) is 0 Å². The molecule has 0 unspecified atom stereocenters. The third-order valence-electron chi connectivity index (χ3n) is 6.19. The van der Waals surface area contributed by atoms with E-state index in [0.717, 1.165) is 11.1 Å². The minimum atomic E-state index is -0.618. The average Bonchev–Trinajstić information content (AvgIpc) is 3.05. The molecule has 0 fully saturated rings. The van der Waals surface area contributed by atoms with Gasteiger partial charge < -0.3 is 19.3 Å². The van der Waals surface area contributed by atoms with Gasteiger partial charge in [-0.3, -0.25) is 4.89 Å². The maximum absolute atomic E-state index is 12.4. The fraction of sp³-hybridized carbons (Fsp3) is 0.114. The lowest BCUT2D eigenvalue weighted by Crippen LogP contribution is -2.09. The monoisotopic (exact) mass is 562 g/mol. The molecule has 0 saturated carbocycles. The van der Waals surface area contributed by atoms with Crippen molar-refractivity contribution in [3.05, 3.63) is 155 Å². The standard InChI is InChI=1S/C35H30O7/c36-22-28-16-31(38-23-26-10-4-1-5-11-26)20-32(17-28)40-25-29-18-33(39-24-27-12-6-2-7-13-27)21-34(19-29)41-42-35(37)30-14-8-3-9-15-30/h1-21,36H,22-25H2. The molecule has 0 aliphatic heterocycles. The van der Waals surface area contributed by atoms with Crippen LogP contribution >= 0.6 is 0 Å². The van der Waals surface area contributed by atoms with E-state index < -0.39 is 5.97 Å². The molecule has 0 heterocycles. The Kier molecular flexibility index (Phi) is 9.68. The number of rotatable bonds is 13. The summed E-state index contributed by atoms with van der Waals surface area (Å²) in [6, 6.07) is 38.7. The number of benzene rings is 5. The summed E-state index contributed by atoms with van der Waals surface area (Å²) in [5, 5.41) is 9.78. The van der Waals surface area contributed by atoms with E-state index in [9.17, 15) is 9.90 Å². The van der Waals surface area contributed by atoms with Crippen molar-refractivity contribution in [1.29, 1.82) is 0 Å². The lowest BCUT2D eigenvalue weighted by Gasteiger charge is -2.14. The van der Waals surface area contributed by atoms with Crippen LogP contribution in [-0.4, -0.2) is 11.1 Å². The van der Waals surface area contributed by atoms with Gasteiger partial charge in [0.2, 0.25) is 0 Å². The smallest absolute Gasteiger partial charge is 0.386 e. The molecular weight excluding hydrogens is 532 g/mol. The summed E-state index contributed by atoms with van der Waals surface area (Å²) in [6.45, 7) is 0.721. The third-order valence-corrected chi connectivity index (χ3v) is 6.19. The highest BCUT2D eigenvalue weighted by molar-refractivity contribution is 5.88. The van der Waals surface area contributed by atoms with E-state index in [0.29, 0.717) is 47.2 Å². The number of hydrogen-bond acceptors (Lipinski definition) is 7. The van der Waals surface area contributed by atoms with E-state index in [1.807, 2.05) is 72.8 Å². The van der Waals surface area contributed by atoms with Crippen molar-refractivity contribution >= 4 is 5.97 Å². The van der Waals surface area contributed by atoms with Crippen molar-refractivity contribution in [2.75, 3.05) is 0 Å². The molecule has 0 spiro atoms. The zero-order chi connectivity index (χ0) is 29.0. The zero-order valence-corrected chi connectivity index (χ0v) is 22.8. The van der Waals surface area contributed by atoms with Gasteiger partial charge in [0.05, 0.1) is 12.2 Å². The molecule has 5 aromatic rings. The molecule has 0 amide bonds. The molecule has 212 valence electrons. The normalized spacial score (nSPS) is 10.5. The number of hydrogen-bond donors (Lipinski definition) is 1. The Balaban J connectivity index is 1.30. The minimum absolute atomic E-state index is 0.151. The molecular formula is C35H30O7. The van der Waals surface area contributed by atoms with Crippen molar-refractivity contribution in [2.24, 2.45) is 0 Å². The second-order valence-electron chi connectivity index (χ2n) is 9.44. The zero-order valence-electron chi connectivity index (χ0n) is 22.8. The fourth-order valence-electron chi connectivity index (χ4n) is 4.09. The molecule has 7 nitrogen and oxygen atoms in total. The van der Waals surface area contributed by atoms with Crippen molar-refractivity contribution in [2.45, 2.75) is 26.4 Å². The molecule has 0 aliphatic rings. The van der Waals surface area contributed by atoms with Gasteiger partial charge in [0.15, 0.2) is 5.75 Å². The Hall–Kier alpha value is -5.27. The van der Waals surface area contributed by atoms with Gasteiger partial charge in [-0.05, 0) is 58.7 Å². The fourth-order valence-corrected chi connectivity index (χ4v) is 4.09. The van der Waals surface area contributed by atoms with Crippen LogP contribution in [0.5, 0.6) is 23.0 Å². The quantitative estimate of drug-likeness (QED) is 0.121. The van der Waals surface area contributed by atoms with E-state index in [1.54, 1.807) is 54.6 Å². The second-order valence-corrected chi connectivity index (χ2v) is 9.44. The van der Waals surface area contributed by atoms with Gasteiger partial charge in [0.25, 0.3) is 0 Å². The average molecular weight is 563 g/mol. The molecule has 5 aromatic carbocycles. The Morgan fingerprint density at radius 3 is 1.45 bits per heavy atom. The predicted molar refractivity (Wildman–Crippen MR) is 157 cm³/mol. The third kappa shape index (κ3) is 8.36. The first-order valence-electron chi connectivity index (χ1n) is 13.4. The van der Waals surface area contributed by atoms with Crippen LogP contribution in [-0.2, 0) is 31.3 Å². The number of carbonyl (C=O) groups excluding carboxylic acids is 1. The molecule has 0 bridgehead atoms. The summed E-state index contributed by atoms with van der Waals surface area (Å²) in [5.74, 6) is 1.28. The molecule has 42 heavy (non-hydrogen) atoms. The first kappa shape index (κ1) is 28.3. The highest BCUT2D eigenvalue weighted by Gasteiger charge is 2.12. The molecule has 5 rings (SSSR count). The maximum atomic E-state index is 12.4. The largest absolute Gasteiger partial charge is 0.489 e. The molecule has 0 atom stereocenters. The van der Waals surface area contributed by atoms with Crippen LogP contribution in [0.4, 0.5) is 0 Å². The lowest BCUT2D eigenvalue weighted by atomic mass is 10.2. The van der Waals surface area contributed by atoms with Crippen molar-refractivity contribution in [3.8, 4) is 23.0 Å². The summed E-state index contributed by atoms with van der Waals surface area (Å²) >= 11 is 0. The molecule has 0 saturated heterocycles. The molecule has 1 N–H and O–H groups in total. The van der Waals surface area contributed by atoms with Crippen molar-refractivity contribution < 1.29 is 33.9 Å². The minimum Gasteiger partial charge on any atom is -0.489 e. The van der Waals surface area contributed by atoms with E-state index in [-0.39, 0.29) is 19.0 Å². The van der Waals surface area contributed by atoms with E-state index in [4.69, 9.17) is 24.0 Å². The van der Waals surface area contributed by atoms with Crippen LogP contribution in [0.15, 0.2) is 127 Å². The Morgan fingerprint density at radius 1 is 0.500 bits per heavy atom. The first-order chi connectivity index (χ1) is 20.6. The maximum Gasteiger partial charge on any atom is 0.386 e. The van der Waals surface area contributed by atoms with Crippen LogP contribution in [0.3, 0.4) is 0 Å². The van der Waals surface area contributed by atoms with Crippen LogP contribution in [0.1, 0.15) is 32.6 Å². The Morgan fingerprint density at radius 2 is 0.929 bits per heavy atom. The van der Waals surface area contributed by atoms with Crippen LogP contribution < -0.4 is 19.1 Å². The van der Waals surface area contributed by atoms with Crippen molar-refractivity contribution in [3.63, 3.8) is 0 Å². The van der Waals surface area contributed by atoms with E-state index in [1.165, 1.54) is 0 Å². The highest BCUT2D eigenvalue weighted by Crippen LogP contribution is 2.28. The summed E-state index contributed by atoms with van der Waals surface area (Å²) < 4.78 is 18.1. The van der Waals surface area contributed by atoms with Gasteiger partial charge in [-0.1, -0.05) is 78.9 Å². The van der Waals surface area contributed by atoms with Gasteiger partial charge in [0.1, 0.15) is 37.1 Å². The summed E-state index contributed by atoms with van der Waals surface area (Å²) in [4.78, 5) is 22.9. The molecule has 0 aliphatic carbocycles. The van der Waals surface area contributed by atoms with Gasteiger partial charge in [0, 0.05) is 12.1 Å². The van der Waals surface area contributed by atoms with Crippen LogP contribution in [0, 0.1) is 0 Å². The van der Waals surface area contributed by atoms with Gasteiger partial charge in [-0.2, -0.15) is 0 Å². The summed E-state index contributed by atoms with van der Waals surface area (Å²) in [5.41, 5.74) is 3.77. The van der Waals surface area contributed by atoms with Crippen LogP contribution in [0.25, 0.3) is 0 Å². The van der Waals surface area contributed by atoms with E-state index in [2.05, 4.69) is 0 Å². The first-order valence-corrected chi connectivity index (χ1v) is 13.4. The predicted octanol–water partition coefficient (Wildman–Crippen LogP) is 7.07. The van der Waals surface area contributed by atoms with Crippen molar-refractivity contribution in [1.82, 2.24) is 0 Å². The number of aliphatic hydroxyl groups excluding tert-OH is 1. The SMILES string of the molecule is O=C(OOc1cc(COc2cc(CO)cc(OCc3ccccc3)c2)cc(OCc2ccccc2)c1)c1ccccc1. The van der Waals surface area contributed by atoms with Gasteiger partial charge in [-0.25, -0.2) is 9.68 Å². The van der Waals surface area contributed by atoms with E-state index >= 15 is 0 Å². The summed E-state index contributed by atoms with van der Waals surface area (Å²) in [6.07, 6.45) is 0. The molecule has 0 aromatic heterocycles. The lowest BCUT2D eigenvalue weighted by molar-refractivity contribution is -0.149.